The highest BCUT2D eigenvalue weighted by Crippen LogP contribution is 2.28. The number of hydrogen-bond acceptors (Lipinski definition) is 6. The number of benzene rings is 1. The van der Waals surface area contributed by atoms with E-state index in [0.717, 1.165) is 75.1 Å². The molecule has 1 amide bonds. The van der Waals surface area contributed by atoms with Gasteiger partial charge in [0.2, 0.25) is 0 Å². The molecule has 1 aliphatic heterocycles. The number of carbonyl (C=O) groups excluding carboxylic acids is 1. The van der Waals surface area contributed by atoms with Crippen LogP contribution >= 0.6 is 0 Å². The molecule has 0 unspecified atom stereocenters. The van der Waals surface area contributed by atoms with Gasteiger partial charge in [0.05, 0.1) is 0 Å². The third-order valence-corrected chi connectivity index (χ3v) is 6.99. The van der Waals surface area contributed by atoms with Crippen molar-refractivity contribution in [1.29, 1.82) is 0 Å². The summed E-state index contributed by atoms with van der Waals surface area (Å²) in [5.74, 6) is 0.00409. The zero-order valence-corrected chi connectivity index (χ0v) is 21.1. The van der Waals surface area contributed by atoms with Crippen molar-refractivity contribution < 1.29 is 19.4 Å². The number of carbonyl (C=O) groups is 2. The van der Waals surface area contributed by atoms with E-state index in [-0.39, 0.29) is 0 Å². The number of rotatable bonds is 13. The lowest BCUT2D eigenvalue weighted by atomic mass is 10.1. The number of unbranched alkanes of at least 4 members (excludes halogenated alkanes) is 1. The summed E-state index contributed by atoms with van der Waals surface area (Å²) in [6.07, 6.45) is 6.77. The Morgan fingerprint density at radius 1 is 1.17 bits per heavy atom. The highest BCUT2D eigenvalue weighted by Gasteiger charge is 2.30. The Balaban J connectivity index is 1.20. The summed E-state index contributed by atoms with van der Waals surface area (Å²) in [5.41, 5.74) is 3.30. The molecule has 0 spiro atoms. The molecule has 3 N–H and O–H groups in total. The van der Waals surface area contributed by atoms with Gasteiger partial charge < -0.3 is 25.4 Å². The first-order chi connectivity index (χ1) is 17.5. The van der Waals surface area contributed by atoms with Crippen LogP contribution in [0.15, 0.2) is 42.5 Å². The van der Waals surface area contributed by atoms with Crippen molar-refractivity contribution in [2.75, 3.05) is 25.0 Å². The summed E-state index contributed by atoms with van der Waals surface area (Å²) >= 11 is 0. The number of hydrogen-bond donors (Lipinski definition) is 3. The second-order valence-corrected chi connectivity index (χ2v) is 9.85. The van der Waals surface area contributed by atoms with E-state index in [9.17, 15) is 14.7 Å². The smallest absolute Gasteiger partial charge is 0.408 e. The maximum absolute atomic E-state index is 12.3. The number of nitrogens with zero attached hydrogens (tertiary/aromatic N) is 2. The van der Waals surface area contributed by atoms with Crippen molar-refractivity contribution in [2.24, 2.45) is 0 Å². The minimum atomic E-state index is -1.04. The molecule has 0 radical (unpaired) electrons. The van der Waals surface area contributed by atoms with Gasteiger partial charge in [-0.1, -0.05) is 36.4 Å². The van der Waals surface area contributed by atoms with Crippen LogP contribution in [0.5, 0.6) is 0 Å². The maximum Gasteiger partial charge on any atom is 0.408 e. The number of anilines is 1. The van der Waals surface area contributed by atoms with E-state index in [0.29, 0.717) is 19.0 Å². The Morgan fingerprint density at radius 2 is 1.97 bits per heavy atom. The zero-order chi connectivity index (χ0) is 25.3. The van der Waals surface area contributed by atoms with Crippen LogP contribution in [0, 0.1) is 0 Å². The van der Waals surface area contributed by atoms with E-state index in [1.807, 2.05) is 30.3 Å². The molecule has 2 aromatic rings. The average Bonchev–Trinajstić information content (AvgIpc) is 3.73. The van der Waals surface area contributed by atoms with Crippen molar-refractivity contribution >= 4 is 17.9 Å². The zero-order valence-electron chi connectivity index (χ0n) is 21.1. The van der Waals surface area contributed by atoms with E-state index < -0.39 is 24.2 Å². The number of aliphatic carboxylic acids is 1. The fourth-order valence-electron chi connectivity index (χ4n) is 4.73. The molecule has 1 fully saturated rings. The lowest BCUT2D eigenvalue weighted by Gasteiger charge is -2.24. The fraction of sp³-hybridized carbons (Fsp3) is 0.536. The van der Waals surface area contributed by atoms with Gasteiger partial charge in [-0.15, -0.1) is 0 Å². The minimum Gasteiger partial charge on any atom is -0.480 e. The molecule has 0 bridgehead atoms. The number of nitrogens with one attached hydrogen (secondary N) is 2. The monoisotopic (exact) mass is 494 g/mol. The molecular weight excluding hydrogens is 456 g/mol. The summed E-state index contributed by atoms with van der Waals surface area (Å²) in [7, 11) is 0. The Morgan fingerprint density at radius 3 is 2.72 bits per heavy atom. The number of fused-ring (bicyclic) bond motifs is 1. The van der Waals surface area contributed by atoms with E-state index in [2.05, 4.69) is 27.7 Å². The number of ether oxygens (including phenoxy) is 1. The van der Waals surface area contributed by atoms with E-state index in [4.69, 9.17) is 9.72 Å². The highest BCUT2D eigenvalue weighted by atomic mass is 16.6. The van der Waals surface area contributed by atoms with Crippen molar-refractivity contribution in [3.8, 4) is 0 Å². The quantitative estimate of drug-likeness (QED) is 0.351. The number of aromatic nitrogens is 1. The average molecular weight is 495 g/mol. The van der Waals surface area contributed by atoms with Crippen LogP contribution in [-0.4, -0.2) is 58.8 Å². The summed E-state index contributed by atoms with van der Waals surface area (Å²) in [4.78, 5) is 31.3. The SMILES string of the molecule is C[C@H](OC(=O)N[C@@H](CCN(CCCCc1ccc2c(n1)NCCC2)C1CC1)C(=O)O)c1ccccc1. The van der Waals surface area contributed by atoms with Crippen molar-refractivity contribution in [3.05, 3.63) is 59.3 Å². The van der Waals surface area contributed by atoms with Crippen LogP contribution in [0.4, 0.5) is 10.6 Å². The lowest BCUT2D eigenvalue weighted by Crippen LogP contribution is -2.44. The molecule has 1 saturated carbocycles. The van der Waals surface area contributed by atoms with Gasteiger partial charge in [0.1, 0.15) is 18.0 Å². The van der Waals surface area contributed by atoms with Crippen LogP contribution in [0.2, 0.25) is 0 Å². The molecule has 1 aromatic heterocycles. The molecule has 2 aliphatic rings. The first kappa shape index (κ1) is 25.9. The number of alkyl carbamates (subject to hydrolysis) is 1. The molecule has 2 heterocycles. The van der Waals surface area contributed by atoms with Gasteiger partial charge in [-0.2, -0.15) is 0 Å². The largest absolute Gasteiger partial charge is 0.480 e. The second kappa shape index (κ2) is 12.7. The minimum absolute atomic E-state index is 0.346. The van der Waals surface area contributed by atoms with Crippen LogP contribution in [0.1, 0.15) is 68.4 Å². The molecule has 8 heteroatoms. The topological polar surface area (TPSA) is 104 Å². The third kappa shape index (κ3) is 7.68. The van der Waals surface area contributed by atoms with Crippen LogP contribution in [0.3, 0.4) is 0 Å². The molecule has 8 nitrogen and oxygen atoms in total. The molecule has 0 saturated heterocycles. The highest BCUT2D eigenvalue weighted by molar-refractivity contribution is 5.79. The first-order valence-corrected chi connectivity index (χ1v) is 13.2. The maximum atomic E-state index is 12.3. The van der Waals surface area contributed by atoms with Gasteiger partial charge in [-0.3, -0.25) is 0 Å². The Bertz CT molecular complexity index is 1010. The second-order valence-electron chi connectivity index (χ2n) is 9.85. The molecule has 2 atom stereocenters. The van der Waals surface area contributed by atoms with Crippen molar-refractivity contribution in [1.82, 2.24) is 15.2 Å². The van der Waals surface area contributed by atoms with E-state index >= 15 is 0 Å². The number of carboxylic acids is 1. The molecule has 1 aliphatic carbocycles. The van der Waals surface area contributed by atoms with E-state index in [1.54, 1.807) is 6.92 Å². The Hall–Kier alpha value is -3.13. The lowest BCUT2D eigenvalue weighted by molar-refractivity contribution is -0.139. The van der Waals surface area contributed by atoms with E-state index in [1.165, 1.54) is 5.56 Å². The standard InChI is InChI=1S/C28H38N4O4/c1-20(21-8-3-2-4-9-21)36-28(35)31-25(27(33)34)16-19-32(24-14-15-24)18-6-5-11-23-13-12-22-10-7-17-29-26(22)30-23/h2-4,8-9,12-13,20,24-25H,5-7,10-11,14-19H2,1H3,(H,29,30)(H,31,35)(H,33,34)/t20-,25-/m0/s1. The molecule has 4 rings (SSSR count). The summed E-state index contributed by atoms with van der Waals surface area (Å²) in [6.45, 7) is 4.33. The summed E-state index contributed by atoms with van der Waals surface area (Å²) in [6, 6.07) is 13.3. The Labute approximate surface area is 213 Å². The summed E-state index contributed by atoms with van der Waals surface area (Å²) in [5, 5.41) is 15.6. The van der Waals surface area contributed by atoms with Crippen molar-refractivity contribution in [2.45, 2.75) is 76.5 Å². The molecular formula is C28H38N4O4. The number of aryl methyl sites for hydroxylation is 2. The normalized spacial score (nSPS) is 16.5. The summed E-state index contributed by atoms with van der Waals surface area (Å²) < 4.78 is 5.40. The Kier molecular flexibility index (Phi) is 9.17. The predicted molar refractivity (Wildman–Crippen MR) is 139 cm³/mol. The van der Waals surface area contributed by atoms with Gasteiger partial charge in [0, 0.05) is 24.8 Å². The fourth-order valence-corrected chi connectivity index (χ4v) is 4.73. The molecule has 1 aromatic carbocycles. The van der Waals surface area contributed by atoms with Gasteiger partial charge >= 0.3 is 12.1 Å². The number of pyridine rings is 1. The van der Waals surface area contributed by atoms with Gasteiger partial charge in [0.15, 0.2) is 0 Å². The molecule has 194 valence electrons. The van der Waals surface area contributed by atoms with Gasteiger partial charge in [0.25, 0.3) is 0 Å². The van der Waals surface area contributed by atoms with Crippen molar-refractivity contribution in [3.63, 3.8) is 0 Å². The van der Waals surface area contributed by atoms with Crippen LogP contribution in [-0.2, 0) is 22.4 Å². The first-order valence-electron chi connectivity index (χ1n) is 13.2. The third-order valence-electron chi connectivity index (χ3n) is 6.99. The predicted octanol–water partition coefficient (Wildman–Crippen LogP) is 4.56. The number of carboxylic acid groups (broad SMARTS) is 1. The van der Waals surface area contributed by atoms with Crippen LogP contribution in [0.25, 0.3) is 0 Å². The van der Waals surface area contributed by atoms with Gasteiger partial charge in [-0.05, 0) is 82.0 Å². The number of amides is 1. The van der Waals surface area contributed by atoms with Gasteiger partial charge in [-0.25, -0.2) is 14.6 Å². The molecule has 36 heavy (non-hydrogen) atoms. The van der Waals surface area contributed by atoms with Crippen LogP contribution < -0.4 is 10.6 Å².